The van der Waals surface area contributed by atoms with Gasteiger partial charge < -0.3 is 19.9 Å². The Morgan fingerprint density at radius 1 is 1.10 bits per heavy atom. The first-order valence-corrected chi connectivity index (χ1v) is 10.0. The van der Waals surface area contributed by atoms with Crippen molar-refractivity contribution < 1.29 is 14.2 Å². The van der Waals surface area contributed by atoms with E-state index in [2.05, 4.69) is 32.2 Å². The molecule has 1 aliphatic carbocycles. The Labute approximate surface area is 178 Å². The Morgan fingerprint density at radius 3 is 2.74 bits per heavy atom. The predicted octanol–water partition coefficient (Wildman–Crippen LogP) is 3.52. The Balaban J connectivity index is 1.34. The highest BCUT2D eigenvalue weighted by atomic mass is 16.5. The summed E-state index contributed by atoms with van der Waals surface area (Å²) >= 11 is 0. The second-order valence-electron chi connectivity index (χ2n) is 7.39. The van der Waals surface area contributed by atoms with E-state index in [-0.39, 0.29) is 12.1 Å². The van der Waals surface area contributed by atoms with Crippen molar-refractivity contribution >= 4 is 16.9 Å². The zero-order valence-electron chi connectivity index (χ0n) is 17.0. The van der Waals surface area contributed by atoms with Gasteiger partial charge in [-0.05, 0) is 24.5 Å². The van der Waals surface area contributed by atoms with Gasteiger partial charge in [-0.25, -0.2) is 19.6 Å². The number of anilines is 1. The Hall–Kier alpha value is -3.72. The minimum Gasteiger partial charge on any atom is -0.497 e. The number of nitrogens with two attached hydrogens (primary N) is 1. The summed E-state index contributed by atoms with van der Waals surface area (Å²) in [6, 6.07) is 13.7. The quantitative estimate of drug-likeness (QED) is 0.485. The summed E-state index contributed by atoms with van der Waals surface area (Å²) in [5.74, 6) is 1.62. The fourth-order valence-corrected chi connectivity index (χ4v) is 3.62. The number of rotatable bonds is 7. The highest BCUT2D eigenvalue weighted by Gasteiger charge is 2.34. The topological polar surface area (TPSA) is 110 Å². The van der Waals surface area contributed by atoms with Gasteiger partial charge in [-0.2, -0.15) is 0 Å². The zero-order chi connectivity index (χ0) is 21.2. The monoisotopic (exact) mass is 418 g/mol. The van der Waals surface area contributed by atoms with E-state index < -0.39 is 0 Å². The summed E-state index contributed by atoms with van der Waals surface area (Å²) in [4.78, 5) is 12.7. The van der Waals surface area contributed by atoms with Crippen LogP contribution in [0.15, 0.2) is 55.0 Å². The third-order valence-electron chi connectivity index (χ3n) is 5.37. The van der Waals surface area contributed by atoms with E-state index in [4.69, 9.17) is 19.9 Å². The summed E-state index contributed by atoms with van der Waals surface area (Å²) in [5, 5.41) is 5.22. The first-order chi connectivity index (χ1) is 15.2. The van der Waals surface area contributed by atoms with E-state index in [0.717, 1.165) is 18.4 Å². The van der Waals surface area contributed by atoms with Gasteiger partial charge in [0.05, 0.1) is 25.9 Å². The summed E-state index contributed by atoms with van der Waals surface area (Å²) < 4.78 is 19.0. The third-order valence-corrected chi connectivity index (χ3v) is 5.37. The van der Waals surface area contributed by atoms with Crippen LogP contribution in [-0.2, 0) is 11.3 Å². The van der Waals surface area contributed by atoms with Crippen LogP contribution < -0.4 is 15.2 Å². The van der Waals surface area contributed by atoms with Crippen molar-refractivity contribution in [3.05, 3.63) is 60.6 Å². The number of nitrogens with zero attached hydrogens (tertiary/aromatic N) is 5. The molecule has 0 amide bonds. The van der Waals surface area contributed by atoms with E-state index in [1.54, 1.807) is 25.4 Å². The molecule has 31 heavy (non-hydrogen) atoms. The minimum atomic E-state index is 0.146. The van der Waals surface area contributed by atoms with Crippen LogP contribution in [0.5, 0.6) is 17.5 Å². The number of methoxy groups -OCH3 is 1. The van der Waals surface area contributed by atoms with Gasteiger partial charge in [-0.3, -0.25) is 0 Å². The number of hydrogen-bond donors (Lipinski definition) is 1. The third kappa shape index (κ3) is 3.87. The molecule has 1 fully saturated rings. The summed E-state index contributed by atoms with van der Waals surface area (Å²) in [7, 11) is 1.59. The van der Waals surface area contributed by atoms with Gasteiger partial charge in [-0.15, -0.1) is 5.10 Å². The molecule has 0 spiro atoms. The van der Waals surface area contributed by atoms with Crippen molar-refractivity contribution in [2.45, 2.75) is 31.6 Å². The molecule has 2 N–H and O–H groups in total. The van der Waals surface area contributed by atoms with E-state index in [1.165, 1.54) is 6.33 Å². The highest BCUT2D eigenvalue weighted by molar-refractivity contribution is 5.90. The summed E-state index contributed by atoms with van der Waals surface area (Å²) in [6.45, 7) is 0.600. The molecule has 0 radical (unpaired) electrons. The lowest BCUT2D eigenvalue weighted by Gasteiger charge is -2.35. The van der Waals surface area contributed by atoms with E-state index >= 15 is 0 Å². The average Bonchev–Trinajstić information content (AvgIpc) is 3.12. The molecule has 1 aliphatic rings. The molecule has 0 aliphatic heterocycles. The van der Waals surface area contributed by atoms with Crippen molar-refractivity contribution in [2.24, 2.45) is 0 Å². The van der Waals surface area contributed by atoms with Crippen molar-refractivity contribution in [3.63, 3.8) is 0 Å². The lowest BCUT2D eigenvalue weighted by Crippen LogP contribution is -2.34. The molecule has 1 aromatic carbocycles. The van der Waals surface area contributed by atoms with Crippen LogP contribution in [0.25, 0.3) is 11.0 Å². The van der Waals surface area contributed by atoms with Gasteiger partial charge in [0.25, 0.3) is 5.88 Å². The Morgan fingerprint density at radius 2 is 1.94 bits per heavy atom. The lowest BCUT2D eigenvalue weighted by molar-refractivity contribution is -0.0376. The molecule has 0 bridgehead atoms. The van der Waals surface area contributed by atoms with Gasteiger partial charge in [0.1, 0.15) is 23.3 Å². The van der Waals surface area contributed by atoms with Crippen LogP contribution in [0.1, 0.15) is 24.4 Å². The maximum atomic E-state index is 6.12. The van der Waals surface area contributed by atoms with Crippen LogP contribution in [0.2, 0.25) is 0 Å². The average molecular weight is 418 g/mol. The van der Waals surface area contributed by atoms with Crippen LogP contribution >= 0.6 is 0 Å². The fourth-order valence-electron chi connectivity index (χ4n) is 3.62. The number of pyridine rings is 1. The smallest absolute Gasteiger partial charge is 0.253 e. The number of nitrogen functional groups attached to an aromatic ring is 1. The molecule has 158 valence electrons. The van der Waals surface area contributed by atoms with Crippen molar-refractivity contribution in [3.8, 4) is 17.5 Å². The number of hydrogen-bond acceptors (Lipinski definition) is 8. The number of benzene rings is 1. The second kappa shape index (κ2) is 8.19. The minimum absolute atomic E-state index is 0.146. The zero-order valence-corrected chi connectivity index (χ0v) is 17.0. The molecule has 5 rings (SSSR count). The van der Waals surface area contributed by atoms with Gasteiger partial charge in [0, 0.05) is 12.3 Å². The summed E-state index contributed by atoms with van der Waals surface area (Å²) in [5.41, 5.74) is 7.93. The number of ether oxygens (including phenoxy) is 3. The maximum absolute atomic E-state index is 6.12. The molecule has 9 nitrogen and oxygen atoms in total. The normalized spacial score (nSPS) is 18.0. The molecule has 3 heterocycles. The second-order valence-corrected chi connectivity index (χ2v) is 7.39. The largest absolute Gasteiger partial charge is 0.497 e. The van der Waals surface area contributed by atoms with Crippen LogP contribution in [0, 0.1) is 0 Å². The Bertz CT molecular complexity index is 1190. The molecule has 0 atom stereocenters. The lowest BCUT2D eigenvalue weighted by atomic mass is 9.89. The molecule has 0 unspecified atom stereocenters. The van der Waals surface area contributed by atoms with E-state index in [1.807, 2.05) is 22.9 Å². The molecule has 1 saturated carbocycles. The first-order valence-electron chi connectivity index (χ1n) is 10.0. The highest BCUT2D eigenvalue weighted by Crippen LogP contribution is 2.40. The first kappa shape index (κ1) is 19.3. The van der Waals surface area contributed by atoms with E-state index in [0.29, 0.717) is 41.0 Å². The van der Waals surface area contributed by atoms with Gasteiger partial charge in [0.15, 0.2) is 5.65 Å². The van der Waals surface area contributed by atoms with Gasteiger partial charge in [-0.1, -0.05) is 30.3 Å². The van der Waals surface area contributed by atoms with Crippen molar-refractivity contribution in [2.75, 3.05) is 12.8 Å². The number of fused-ring (bicyclic) bond motifs is 1. The van der Waals surface area contributed by atoms with Crippen molar-refractivity contribution in [1.29, 1.82) is 0 Å². The van der Waals surface area contributed by atoms with Crippen LogP contribution in [-0.4, -0.2) is 37.9 Å². The molecular weight excluding hydrogens is 396 g/mol. The maximum Gasteiger partial charge on any atom is 0.253 e. The molecule has 3 aromatic heterocycles. The van der Waals surface area contributed by atoms with Gasteiger partial charge >= 0.3 is 0 Å². The van der Waals surface area contributed by atoms with Crippen LogP contribution in [0.4, 0.5) is 5.82 Å². The van der Waals surface area contributed by atoms with Crippen molar-refractivity contribution in [1.82, 2.24) is 24.7 Å². The molecule has 9 heteroatoms. The van der Waals surface area contributed by atoms with E-state index in [9.17, 15) is 0 Å². The standard InChI is InChI=1S/C22H22N6O3/c1-29-16-7-8-24-18(11-16)31-22-19-20(23)25-13-26-21(19)28(27-22)15-9-17(10-15)30-12-14-5-3-2-4-6-14/h2-8,11,13,15,17H,9-10,12H2,1H3,(H2,23,25,26)/t15-,17+. The van der Waals surface area contributed by atoms with Gasteiger partial charge in [0.2, 0.25) is 5.88 Å². The number of aromatic nitrogens is 5. The Kier molecular flexibility index (Phi) is 5.09. The molecule has 0 saturated heterocycles. The SMILES string of the molecule is COc1ccnc(Oc2nn([C@H]3C[C@@H](OCc4ccccc4)C3)c3ncnc(N)c23)c1. The predicted molar refractivity (Wildman–Crippen MR) is 114 cm³/mol. The summed E-state index contributed by atoms with van der Waals surface area (Å²) in [6.07, 6.45) is 4.89. The molecular formula is C22H22N6O3. The van der Waals surface area contributed by atoms with Crippen LogP contribution in [0.3, 0.4) is 0 Å². The molecule has 4 aromatic rings. The fraction of sp³-hybridized carbons (Fsp3) is 0.273.